The zero-order chi connectivity index (χ0) is 81.3. The van der Waals surface area contributed by atoms with Gasteiger partial charge in [-0.15, -0.1) is 0 Å². The Morgan fingerprint density at radius 3 is 0.917 bits per heavy atom. The molecule has 0 saturated carbocycles. The van der Waals surface area contributed by atoms with E-state index in [1.807, 2.05) is 0 Å². The molecular weight excluding hydrogens is 1450 g/mol. The molecule has 0 bridgehead atoms. The molecule has 0 aliphatic carbocycles. The molecule has 17 unspecified atom stereocenters. The molecule has 0 radical (unpaired) electrons. The summed E-state index contributed by atoms with van der Waals surface area (Å²) in [5, 5.41) is 19.0. The molecule has 3 aliphatic heterocycles. The topological polar surface area (TPSA) is 522 Å². The van der Waals surface area contributed by atoms with Gasteiger partial charge in [0.1, 0.15) is 62.3 Å². The second-order valence-electron chi connectivity index (χ2n) is 26.3. The van der Waals surface area contributed by atoms with Crippen LogP contribution in [0.4, 0.5) is 0 Å². The lowest BCUT2D eigenvalue weighted by molar-refractivity contribution is -0.277. The van der Waals surface area contributed by atoms with Crippen LogP contribution in [0.25, 0.3) is 0 Å². The lowest BCUT2D eigenvalue weighted by Gasteiger charge is -2.44. The van der Waals surface area contributed by atoms with E-state index in [4.69, 9.17) is 76.8 Å². The van der Waals surface area contributed by atoms with Crippen molar-refractivity contribution in [3.8, 4) is 0 Å². The van der Waals surface area contributed by atoms with Gasteiger partial charge >= 0.3 is 53.7 Å². The fraction of sp³-hybridized carbons (Fsp3) is 0.771. The highest BCUT2D eigenvalue weighted by Gasteiger charge is 2.54. The first-order valence-corrected chi connectivity index (χ1v) is 36.5. The van der Waals surface area contributed by atoms with E-state index in [1.54, 1.807) is 0 Å². The van der Waals surface area contributed by atoms with E-state index in [2.05, 4.69) is 37.2 Å². The summed E-state index contributed by atoms with van der Waals surface area (Å²) in [4.78, 5) is 199. The van der Waals surface area contributed by atoms with Crippen molar-refractivity contribution in [2.75, 3.05) is 59.3 Å². The van der Waals surface area contributed by atoms with E-state index in [9.17, 15) is 76.7 Å². The number of carbonyl (C=O) groups excluding carboxylic acids is 16. The molecule has 0 aromatic carbocycles. The molecule has 17 atom stereocenters. The Hall–Kier alpha value is -8.76. The van der Waals surface area contributed by atoms with Gasteiger partial charge in [-0.3, -0.25) is 76.7 Å². The average molecular weight is 1560 g/mol. The van der Waals surface area contributed by atoms with Gasteiger partial charge < -0.3 is 114 Å². The number of carbonyl (C=O) groups is 16. The summed E-state index contributed by atoms with van der Waals surface area (Å²) in [7, 11) is 0. The van der Waals surface area contributed by atoms with Crippen LogP contribution in [0, 0.1) is 0 Å². The van der Waals surface area contributed by atoms with Crippen LogP contribution in [0.3, 0.4) is 0 Å². The number of hydrogen-bond acceptors (Lipinski definition) is 32. The molecule has 3 rings (SSSR count). The Morgan fingerprint density at radius 1 is 0.330 bits per heavy atom. The van der Waals surface area contributed by atoms with Crippen molar-refractivity contribution >= 4 is 95.1 Å². The third-order valence-electron chi connectivity index (χ3n) is 16.5. The third kappa shape index (κ3) is 38.0. The Bertz CT molecular complexity index is 3020. The molecule has 0 spiro atoms. The quantitative estimate of drug-likeness (QED) is 0.0214. The monoisotopic (exact) mass is 1560 g/mol. The predicted molar refractivity (Wildman–Crippen MR) is 373 cm³/mol. The molecule has 3 fully saturated rings. The summed E-state index contributed by atoms with van der Waals surface area (Å²) in [6, 6.07) is -5.74. The van der Waals surface area contributed by atoms with Crippen LogP contribution in [0.5, 0.6) is 0 Å². The molecule has 0 aromatic heterocycles. The SMILES string of the molecule is CC(=O)NC1C(OCCCCCCNC(=O)CCC(NC(=O)CCC(N)C(=O)NCCCCCCOC2OC(COC(C)=O)C(OC(C)=O)C(OC(C)=O)C2NC(C)=O)C(=O)NCCCCCCOC2OC(COC(C)=O)C(OC(C)=O)C(OC(C)=O)C2NC(C)=O)OC(COC(C)=O)C(OC(C)=O)C1OC(C)=O. The average Bonchev–Trinajstić information content (AvgIpc) is 0.800. The number of unbranched alkanes of at least 4 members (excludes halogenated alkanes) is 9. The van der Waals surface area contributed by atoms with Crippen LogP contribution >= 0.6 is 0 Å². The highest BCUT2D eigenvalue weighted by molar-refractivity contribution is 5.89. The van der Waals surface area contributed by atoms with E-state index >= 15 is 0 Å². The van der Waals surface area contributed by atoms with Crippen molar-refractivity contribution in [3.63, 3.8) is 0 Å². The molecule has 7 amide bonds. The Kier molecular flexibility index (Phi) is 44.1. The number of amides is 7. The van der Waals surface area contributed by atoms with Crippen molar-refractivity contribution in [3.05, 3.63) is 0 Å². The standard InChI is InChI=1S/C70H112N8O31/c1-38(79)75-57-63(104-47(10)88)60(101-44(7)85)52(35-98-41(4)82)107-68(57)95-32-22-16-13-19-29-72-55(91)28-26-51(67(94)74-31-21-15-18-24-34-97-70-59(77-40(3)81)65(106-49(12)90)62(103-46(9)87)54(109-70)37-100-43(6)84)78-56(92)27-25-50(71)66(93)73-30-20-14-17-23-33-96-69-58(76-39(2)80)64(105-48(11)89)61(102-45(8)86)53(108-69)36-99-42(5)83/h50-54,57-65,68-70H,13-37,71H2,1-12H3,(H,72,91)(H,73,93)(H,74,94)(H,75,79)(H,76,80)(H,77,81)(H,78,92). The third-order valence-corrected chi connectivity index (χ3v) is 16.5. The molecule has 39 heteroatoms. The van der Waals surface area contributed by atoms with Gasteiger partial charge in [0.15, 0.2) is 55.5 Å². The zero-order valence-electron chi connectivity index (χ0n) is 64.2. The first-order valence-electron chi connectivity index (χ1n) is 36.5. The highest BCUT2D eigenvalue weighted by atomic mass is 16.7. The summed E-state index contributed by atoms with van der Waals surface area (Å²) in [5.74, 6) is -10.3. The fourth-order valence-electron chi connectivity index (χ4n) is 11.9. The number of nitrogens with one attached hydrogen (secondary N) is 7. The molecule has 9 N–H and O–H groups in total. The first-order chi connectivity index (χ1) is 51.6. The van der Waals surface area contributed by atoms with E-state index in [1.165, 1.54) is 20.8 Å². The van der Waals surface area contributed by atoms with E-state index < -0.39 is 219 Å². The highest BCUT2D eigenvalue weighted by Crippen LogP contribution is 2.32. The summed E-state index contributed by atoms with van der Waals surface area (Å²) < 4.78 is 84.5. The van der Waals surface area contributed by atoms with Gasteiger partial charge in [-0.2, -0.15) is 0 Å². The molecule has 3 heterocycles. The molecule has 3 aliphatic rings. The second-order valence-corrected chi connectivity index (χ2v) is 26.3. The van der Waals surface area contributed by atoms with Crippen LogP contribution in [0.15, 0.2) is 0 Å². The molecule has 618 valence electrons. The van der Waals surface area contributed by atoms with Gasteiger partial charge in [0, 0.05) is 135 Å². The van der Waals surface area contributed by atoms with Crippen molar-refractivity contribution < 1.29 is 148 Å². The van der Waals surface area contributed by atoms with Gasteiger partial charge in [0.2, 0.25) is 41.4 Å². The normalized spacial score (nSPS) is 24.1. The largest absolute Gasteiger partial charge is 0.463 e. The molecule has 39 nitrogen and oxygen atoms in total. The Morgan fingerprint density at radius 2 is 0.615 bits per heavy atom. The summed E-state index contributed by atoms with van der Waals surface area (Å²) in [5.41, 5.74) is 6.22. The van der Waals surface area contributed by atoms with E-state index in [0.29, 0.717) is 77.0 Å². The van der Waals surface area contributed by atoms with Crippen LogP contribution in [-0.4, -0.2) is 258 Å². The molecule has 3 saturated heterocycles. The number of esters is 9. The minimum atomic E-state index is -1.30. The van der Waals surface area contributed by atoms with Crippen LogP contribution in [0.1, 0.15) is 186 Å². The summed E-state index contributed by atoms with van der Waals surface area (Å²) >= 11 is 0. The number of ether oxygens (including phenoxy) is 15. The van der Waals surface area contributed by atoms with Crippen LogP contribution in [0.2, 0.25) is 0 Å². The van der Waals surface area contributed by atoms with Crippen molar-refractivity contribution in [1.82, 2.24) is 37.2 Å². The zero-order valence-corrected chi connectivity index (χ0v) is 64.2. The smallest absolute Gasteiger partial charge is 0.303 e. The predicted octanol–water partition coefficient (Wildman–Crippen LogP) is -0.593. The maximum Gasteiger partial charge on any atom is 0.303 e. The van der Waals surface area contributed by atoms with Gasteiger partial charge in [-0.1, -0.05) is 38.5 Å². The number of hydrogen-bond donors (Lipinski definition) is 8. The fourth-order valence-corrected chi connectivity index (χ4v) is 11.9. The Labute approximate surface area is 632 Å². The molecule has 109 heavy (non-hydrogen) atoms. The first kappa shape index (κ1) is 94.4. The van der Waals surface area contributed by atoms with Crippen molar-refractivity contribution in [1.29, 1.82) is 0 Å². The summed E-state index contributed by atoms with van der Waals surface area (Å²) in [6.45, 7) is 13.5. The second kappa shape index (κ2) is 50.9. The molecular formula is C70H112N8O31. The van der Waals surface area contributed by atoms with E-state index in [-0.39, 0.29) is 65.1 Å². The van der Waals surface area contributed by atoms with Crippen LogP contribution < -0.4 is 43.0 Å². The minimum absolute atomic E-state index is 0.0535. The maximum atomic E-state index is 13.8. The van der Waals surface area contributed by atoms with Crippen LogP contribution in [-0.2, 0) is 148 Å². The lowest BCUT2D eigenvalue weighted by atomic mass is 9.96. The number of nitrogens with two attached hydrogens (primary N) is 1. The van der Waals surface area contributed by atoms with Crippen molar-refractivity contribution in [2.45, 2.75) is 290 Å². The maximum absolute atomic E-state index is 13.8. The van der Waals surface area contributed by atoms with Gasteiger partial charge in [-0.25, -0.2) is 0 Å². The minimum Gasteiger partial charge on any atom is -0.463 e. The number of rotatable bonds is 48. The van der Waals surface area contributed by atoms with E-state index in [0.717, 1.165) is 62.3 Å². The van der Waals surface area contributed by atoms with Gasteiger partial charge in [0.25, 0.3) is 0 Å². The van der Waals surface area contributed by atoms with Crippen molar-refractivity contribution in [2.24, 2.45) is 5.73 Å². The van der Waals surface area contributed by atoms with Gasteiger partial charge in [0.05, 0.1) is 6.04 Å². The molecule has 0 aromatic rings. The summed E-state index contributed by atoms with van der Waals surface area (Å²) in [6.07, 6.45) is -9.23. The lowest BCUT2D eigenvalue weighted by Crippen LogP contribution is -2.66. The van der Waals surface area contributed by atoms with Gasteiger partial charge in [-0.05, 0) is 51.4 Å². The Balaban J connectivity index is 1.59.